The van der Waals surface area contributed by atoms with Crippen molar-refractivity contribution >= 4 is 0 Å². The van der Waals surface area contributed by atoms with Crippen LogP contribution < -0.4 is 4.74 Å². The molecule has 0 spiro atoms. The fourth-order valence-corrected chi connectivity index (χ4v) is 1.74. The van der Waals surface area contributed by atoms with Crippen LogP contribution in [0.15, 0.2) is 30.3 Å². The monoisotopic (exact) mass is 238 g/mol. The van der Waals surface area contributed by atoms with Crippen LogP contribution >= 0.6 is 0 Å². The van der Waals surface area contributed by atoms with Crippen LogP contribution in [0, 0.1) is 26.2 Å². The number of benzene rings is 1. The van der Waals surface area contributed by atoms with E-state index in [1.54, 1.807) is 0 Å². The molecule has 0 aliphatic carbocycles. The Kier molecular flexibility index (Phi) is 3.59. The zero-order valence-electron chi connectivity index (χ0n) is 10.5. The van der Waals surface area contributed by atoms with Gasteiger partial charge in [-0.1, -0.05) is 18.1 Å². The number of hydrogen-bond donors (Lipinski definition) is 0. The van der Waals surface area contributed by atoms with E-state index in [0.29, 0.717) is 11.6 Å². The van der Waals surface area contributed by atoms with Crippen molar-refractivity contribution in [3.63, 3.8) is 0 Å². The molecule has 3 nitrogen and oxygen atoms in total. The zero-order chi connectivity index (χ0) is 13.0. The Balaban J connectivity index is 2.46. The molecule has 0 saturated carbocycles. The van der Waals surface area contributed by atoms with Gasteiger partial charge in [0.15, 0.2) is 5.82 Å². The van der Waals surface area contributed by atoms with Crippen molar-refractivity contribution < 1.29 is 4.74 Å². The van der Waals surface area contributed by atoms with Crippen LogP contribution in [0.4, 0.5) is 0 Å². The first-order chi connectivity index (χ1) is 8.70. The minimum atomic E-state index is 0.238. The van der Waals surface area contributed by atoms with Gasteiger partial charge >= 0.3 is 0 Å². The lowest BCUT2D eigenvalue weighted by Crippen LogP contribution is -1.99. The van der Waals surface area contributed by atoms with Gasteiger partial charge in [-0.2, -0.15) is 0 Å². The van der Waals surface area contributed by atoms with Crippen molar-refractivity contribution in [2.75, 3.05) is 6.61 Å². The quantitative estimate of drug-likeness (QED) is 0.771. The molecule has 3 heteroatoms. The topological polar surface area (TPSA) is 35.0 Å². The third-order valence-corrected chi connectivity index (χ3v) is 2.42. The van der Waals surface area contributed by atoms with Crippen LogP contribution in [-0.4, -0.2) is 16.6 Å². The third kappa shape index (κ3) is 2.67. The van der Waals surface area contributed by atoms with Gasteiger partial charge in [0.2, 0.25) is 0 Å². The number of nitrogens with zero attached hydrogens (tertiary/aromatic N) is 2. The molecule has 0 aliphatic rings. The summed E-state index contributed by atoms with van der Waals surface area (Å²) < 4.78 is 5.50. The van der Waals surface area contributed by atoms with E-state index < -0.39 is 0 Å². The van der Waals surface area contributed by atoms with Crippen molar-refractivity contribution in [3.8, 4) is 29.5 Å². The average molecular weight is 238 g/mol. The Morgan fingerprint density at radius 3 is 2.50 bits per heavy atom. The van der Waals surface area contributed by atoms with E-state index in [9.17, 15) is 0 Å². The van der Waals surface area contributed by atoms with Gasteiger partial charge in [-0.15, -0.1) is 6.42 Å². The Morgan fingerprint density at radius 2 is 1.83 bits per heavy atom. The minimum absolute atomic E-state index is 0.238. The fourth-order valence-electron chi connectivity index (χ4n) is 1.74. The highest BCUT2D eigenvalue weighted by molar-refractivity contribution is 5.64. The number of para-hydroxylation sites is 1. The van der Waals surface area contributed by atoms with E-state index in [-0.39, 0.29) is 6.61 Å². The molecule has 1 heterocycles. The van der Waals surface area contributed by atoms with Crippen LogP contribution in [-0.2, 0) is 0 Å². The molecule has 0 aliphatic heterocycles. The molecule has 1 aromatic carbocycles. The molecule has 0 unspecified atom stereocenters. The maximum Gasteiger partial charge on any atom is 0.163 e. The summed E-state index contributed by atoms with van der Waals surface area (Å²) in [5.41, 5.74) is 2.73. The van der Waals surface area contributed by atoms with E-state index in [0.717, 1.165) is 17.0 Å². The average Bonchev–Trinajstić information content (AvgIpc) is 2.35. The van der Waals surface area contributed by atoms with Crippen LogP contribution in [0.1, 0.15) is 11.4 Å². The highest BCUT2D eigenvalue weighted by Gasteiger charge is 2.09. The predicted octanol–water partition coefficient (Wildman–Crippen LogP) is 2.77. The Bertz CT molecular complexity index is 579. The summed E-state index contributed by atoms with van der Waals surface area (Å²) in [5, 5.41) is 0. The van der Waals surface area contributed by atoms with Crippen LogP contribution in [0.5, 0.6) is 5.75 Å². The van der Waals surface area contributed by atoms with Gasteiger partial charge in [0, 0.05) is 11.4 Å². The van der Waals surface area contributed by atoms with Crippen molar-refractivity contribution in [1.29, 1.82) is 0 Å². The summed E-state index contributed by atoms with van der Waals surface area (Å²) in [4.78, 5) is 8.86. The van der Waals surface area contributed by atoms with Crippen molar-refractivity contribution in [2.24, 2.45) is 0 Å². The lowest BCUT2D eigenvalue weighted by atomic mass is 10.2. The van der Waals surface area contributed by atoms with Gasteiger partial charge in [0.05, 0.1) is 5.56 Å². The second-order valence-electron chi connectivity index (χ2n) is 3.96. The third-order valence-electron chi connectivity index (χ3n) is 2.42. The first kappa shape index (κ1) is 12.1. The smallest absolute Gasteiger partial charge is 0.163 e. The fraction of sp³-hybridized carbons (Fsp3) is 0.200. The molecular weight excluding hydrogens is 224 g/mol. The molecular formula is C15H14N2O. The van der Waals surface area contributed by atoms with E-state index >= 15 is 0 Å². The number of aromatic nitrogens is 2. The first-order valence-corrected chi connectivity index (χ1v) is 5.68. The number of ether oxygens (including phenoxy) is 1. The number of terminal acetylenes is 1. The number of rotatable bonds is 3. The Hall–Kier alpha value is -2.34. The Morgan fingerprint density at radius 1 is 1.17 bits per heavy atom. The van der Waals surface area contributed by atoms with Gasteiger partial charge in [-0.05, 0) is 32.0 Å². The number of aryl methyl sites for hydroxylation is 2. The normalized spacial score (nSPS) is 9.83. The maximum atomic E-state index is 5.50. The minimum Gasteiger partial charge on any atom is -0.480 e. The van der Waals surface area contributed by atoms with E-state index in [1.165, 1.54) is 0 Å². The molecule has 0 saturated heterocycles. The summed E-state index contributed by atoms with van der Waals surface area (Å²) in [5.74, 6) is 3.83. The molecule has 0 N–H and O–H groups in total. The Labute approximate surface area is 107 Å². The standard InChI is InChI=1S/C15H14N2O/c1-4-9-18-14-8-6-5-7-13(14)15-16-11(2)10-12(3)17-15/h1,5-8,10H,9H2,2-3H3. The zero-order valence-corrected chi connectivity index (χ0v) is 10.5. The molecule has 0 fully saturated rings. The molecule has 18 heavy (non-hydrogen) atoms. The lowest BCUT2D eigenvalue weighted by Gasteiger charge is -2.09. The van der Waals surface area contributed by atoms with Crippen molar-refractivity contribution in [2.45, 2.75) is 13.8 Å². The SMILES string of the molecule is C#CCOc1ccccc1-c1nc(C)cc(C)n1. The molecule has 0 bridgehead atoms. The summed E-state index contributed by atoms with van der Waals surface area (Å²) in [7, 11) is 0. The van der Waals surface area contributed by atoms with E-state index in [4.69, 9.17) is 11.2 Å². The highest BCUT2D eigenvalue weighted by atomic mass is 16.5. The molecule has 2 rings (SSSR count). The van der Waals surface area contributed by atoms with Crippen LogP contribution in [0.2, 0.25) is 0 Å². The van der Waals surface area contributed by atoms with E-state index in [2.05, 4.69) is 15.9 Å². The van der Waals surface area contributed by atoms with E-state index in [1.807, 2.05) is 44.2 Å². The second-order valence-corrected chi connectivity index (χ2v) is 3.96. The molecule has 1 aromatic heterocycles. The van der Waals surface area contributed by atoms with Gasteiger partial charge in [0.1, 0.15) is 12.4 Å². The molecule has 90 valence electrons. The summed E-state index contributed by atoms with van der Waals surface area (Å²) in [6, 6.07) is 9.57. The van der Waals surface area contributed by atoms with Gasteiger partial charge in [-0.25, -0.2) is 9.97 Å². The van der Waals surface area contributed by atoms with Gasteiger partial charge in [0.25, 0.3) is 0 Å². The lowest BCUT2D eigenvalue weighted by molar-refractivity contribution is 0.371. The molecule has 2 aromatic rings. The summed E-state index contributed by atoms with van der Waals surface area (Å²) in [6.07, 6.45) is 5.21. The van der Waals surface area contributed by atoms with Crippen molar-refractivity contribution in [1.82, 2.24) is 9.97 Å². The molecule has 0 amide bonds. The van der Waals surface area contributed by atoms with Crippen LogP contribution in [0.25, 0.3) is 11.4 Å². The van der Waals surface area contributed by atoms with Gasteiger partial charge < -0.3 is 4.74 Å². The van der Waals surface area contributed by atoms with Crippen LogP contribution in [0.3, 0.4) is 0 Å². The van der Waals surface area contributed by atoms with Gasteiger partial charge in [-0.3, -0.25) is 0 Å². The van der Waals surface area contributed by atoms with Crippen molar-refractivity contribution in [3.05, 3.63) is 41.7 Å². The summed E-state index contributed by atoms with van der Waals surface area (Å²) in [6.45, 7) is 4.13. The molecule has 0 atom stereocenters. The maximum absolute atomic E-state index is 5.50. The first-order valence-electron chi connectivity index (χ1n) is 5.68. The highest BCUT2D eigenvalue weighted by Crippen LogP contribution is 2.27. The number of hydrogen-bond acceptors (Lipinski definition) is 3. The molecule has 0 radical (unpaired) electrons. The largest absolute Gasteiger partial charge is 0.480 e. The summed E-state index contributed by atoms with van der Waals surface area (Å²) >= 11 is 0. The predicted molar refractivity (Wildman–Crippen MR) is 71.3 cm³/mol. The second kappa shape index (κ2) is 5.33.